The number of nitrogens with one attached hydrogen (secondary N) is 1. The van der Waals surface area contributed by atoms with E-state index < -0.39 is 6.10 Å². The van der Waals surface area contributed by atoms with E-state index in [9.17, 15) is 9.18 Å². The van der Waals surface area contributed by atoms with Crippen LogP contribution in [0.5, 0.6) is 0 Å². The number of ether oxygens (including phenoxy) is 1. The van der Waals surface area contributed by atoms with E-state index in [1.165, 1.54) is 6.07 Å². The highest BCUT2D eigenvalue weighted by atomic mass is 32.1. The van der Waals surface area contributed by atoms with Gasteiger partial charge in [-0.15, -0.1) is 11.3 Å². The van der Waals surface area contributed by atoms with E-state index >= 15 is 0 Å². The topological polar surface area (TPSA) is 44.8 Å². The Bertz CT molecular complexity index is 821. The normalized spacial score (nSPS) is 22.6. The summed E-state index contributed by atoms with van der Waals surface area (Å²) < 4.78 is 20.3. The van der Waals surface area contributed by atoms with Crippen LogP contribution in [-0.4, -0.2) is 60.6 Å². The number of likely N-dealkylation sites (N-methyl/N-ethyl adjacent to an activating group) is 1. The Hall–Kier alpha value is -1.80. The predicted molar refractivity (Wildman–Crippen MR) is 112 cm³/mol. The number of halogens is 1. The molecule has 2 aliphatic heterocycles. The fraction of sp³-hybridized carbons (Fsp3) is 0.500. The van der Waals surface area contributed by atoms with Crippen molar-refractivity contribution in [1.82, 2.24) is 15.1 Å². The van der Waals surface area contributed by atoms with Gasteiger partial charge < -0.3 is 15.0 Å². The van der Waals surface area contributed by atoms with Crippen LogP contribution < -0.4 is 5.32 Å². The molecule has 2 aliphatic rings. The van der Waals surface area contributed by atoms with Gasteiger partial charge in [0.05, 0.1) is 12.1 Å². The number of morpholine rings is 1. The minimum atomic E-state index is -0.452. The molecule has 5 nitrogen and oxygen atoms in total. The Morgan fingerprint density at radius 2 is 2.07 bits per heavy atom. The van der Waals surface area contributed by atoms with Gasteiger partial charge in [-0.05, 0) is 37.4 Å². The number of carbonyl (C=O) groups excluding carboxylic acids is 1. The van der Waals surface area contributed by atoms with Gasteiger partial charge in [0.25, 0.3) is 5.91 Å². The molecule has 0 aliphatic carbocycles. The number of benzene rings is 1. The van der Waals surface area contributed by atoms with E-state index in [-0.39, 0.29) is 17.3 Å². The lowest BCUT2D eigenvalue weighted by molar-refractivity contribution is -0.182. The molecule has 2 aromatic rings. The van der Waals surface area contributed by atoms with Gasteiger partial charge in [-0.2, -0.15) is 0 Å². The average Bonchev–Trinajstić information content (AvgIpc) is 3.23. The first-order valence-electron chi connectivity index (χ1n) is 10.2. The Morgan fingerprint density at radius 3 is 2.79 bits per heavy atom. The monoisotopic (exact) mass is 417 g/mol. The maximum Gasteiger partial charge on any atom is 0.250 e. The maximum absolute atomic E-state index is 14.0. The second-order valence-electron chi connectivity index (χ2n) is 8.15. The first kappa shape index (κ1) is 20.5. The Labute approximate surface area is 175 Å². The van der Waals surface area contributed by atoms with Gasteiger partial charge in [-0.25, -0.2) is 4.39 Å². The van der Waals surface area contributed by atoms with Crippen LogP contribution in [0.4, 0.5) is 4.39 Å². The number of likely N-dealkylation sites (tertiary alicyclic amines) is 1. The highest BCUT2D eigenvalue weighted by molar-refractivity contribution is 7.09. The van der Waals surface area contributed by atoms with Gasteiger partial charge in [-0.1, -0.05) is 24.3 Å². The molecule has 0 radical (unpaired) electrons. The van der Waals surface area contributed by atoms with E-state index in [1.54, 1.807) is 17.4 Å². The molecular weight excluding hydrogens is 389 g/mol. The molecule has 4 rings (SSSR count). The molecule has 0 saturated carbocycles. The predicted octanol–water partition coefficient (Wildman–Crippen LogP) is 2.87. The lowest BCUT2D eigenvalue weighted by Crippen LogP contribution is -2.61. The molecule has 1 aromatic heterocycles. The van der Waals surface area contributed by atoms with Crippen LogP contribution in [0.2, 0.25) is 0 Å². The van der Waals surface area contributed by atoms with Gasteiger partial charge in [0, 0.05) is 43.2 Å². The molecule has 1 spiro atoms. The SMILES string of the molecule is CN1C[C@@H](C(=O)NCc2cccs2)OC2(CCN(Cc3ccccc3F)CC2)C1. The molecule has 1 amide bonds. The van der Waals surface area contributed by atoms with Crippen LogP contribution >= 0.6 is 11.3 Å². The third-order valence-electron chi connectivity index (χ3n) is 5.86. The molecule has 3 heterocycles. The van der Waals surface area contributed by atoms with Gasteiger partial charge >= 0.3 is 0 Å². The number of nitrogens with zero attached hydrogens (tertiary/aromatic N) is 2. The summed E-state index contributed by atoms with van der Waals surface area (Å²) in [6.07, 6.45) is 1.24. The summed E-state index contributed by atoms with van der Waals surface area (Å²) in [6, 6.07) is 11.0. The molecule has 1 aromatic carbocycles. The van der Waals surface area contributed by atoms with Crippen LogP contribution in [0, 0.1) is 5.82 Å². The summed E-state index contributed by atoms with van der Waals surface area (Å²) in [5.41, 5.74) is 0.430. The van der Waals surface area contributed by atoms with Crippen LogP contribution in [0.15, 0.2) is 41.8 Å². The molecule has 29 heavy (non-hydrogen) atoms. The third kappa shape index (κ3) is 5.04. The minimum Gasteiger partial charge on any atom is -0.359 e. The second kappa shape index (κ2) is 8.92. The highest BCUT2D eigenvalue weighted by Crippen LogP contribution is 2.32. The number of rotatable bonds is 5. The van der Waals surface area contributed by atoms with E-state index in [1.807, 2.05) is 29.6 Å². The van der Waals surface area contributed by atoms with E-state index in [4.69, 9.17) is 4.74 Å². The Balaban J connectivity index is 1.33. The van der Waals surface area contributed by atoms with Crippen molar-refractivity contribution in [3.63, 3.8) is 0 Å². The number of hydrogen-bond donors (Lipinski definition) is 1. The van der Waals surface area contributed by atoms with Crippen LogP contribution in [0.25, 0.3) is 0 Å². The first-order valence-corrected chi connectivity index (χ1v) is 11.0. The van der Waals surface area contributed by atoms with Gasteiger partial charge in [0.15, 0.2) is 0 Å². The van der Waals surface area contributed by atoms with E-state index in [0.717, 1.165) is 42.9 Å². The van der Waals surface area contributed by atoms with Crippen LogP contribution in [0.1, 0.15) is 23.3 Å². The highest BCUT2D eigenvalue weighted by Gasteiger charge is 2.44. The first-order chi connectivity index (χ1) is 14.0. The van der Waals surface area contributed by atoms with Crippen molar-refractivity contribution in [3.05, 3.63) is 58.0 Å². The summed E-state index contributed by atoms with van der Waals surface area (Å²) in [4.78, 5) is 18.3. The molecule has 156 valence electrons. The Kier molecular flexibility index (Phi) is 6.29. The molecule has 0 bridgehead atoms. The van der Waals surface area contributed by atoms with Crippen molar-refractivity contribution in [2.45, 2.75) is 37.6 Å². The number of carbonyl (C=O) groups is 1. The van der Waals surface area contributed by atoms with Crippen molar-refractivity contribution in [2.24, 2.45) is 0 Å². The molecular formula is C22H28FN3O2S. The lowest BCUT2D eigenvalue weighted by Gasteiger charge is -2.48. The van der Waals surface area contributed by atoms with Crippen molar-refractivity contribution in [3.8, 4) is 0 Å². The van der Waals surface area contributed by atoms with Crippen molar-refractivity contribution >= 4 is 17.2 Å². The van der Waals surface area contributed by atoms with Gasteiger partial charge in [-0.3, -0.25) is 9.69 Å². The fourth-order valence-electron chi connectivity index (χ4n) is 4.32. The molecule has 2 saturated heterocycles. The minimum absolute atomic E-state index is 0.0434. The molecule has 1 N–H and O–H groups in total. The van der Waals surface area contributed by atoms with Crippen molar-refractivity contribution in [2.75, 3.05) is 33.2 Å². The summed E-state index contributed by atoms with van der Waals surface area (Å²) in [6.45, 7) is 4.27. The van der Waals surface area contributed by atoms with E-state index in [0.29, 0.717) is 19.6 Å². The average molecular weight is 418 g/mol. The van der Waals surface area contributed by atoms with Crippen LogP contribution in [-0.2, 0) is 22.6 Å². The van der Waals surface area contributed by atoms with E-state index in [2.05, 4.69) is 22.2 Å². The van der Waals surface area contributed by atoms with Crippen molar-refractivity contribution in [1.29, 1.82) is 0 Å². The van der Waals surface area contributed by atoms with Crippen LogP contribution in [0.3, 0.4) is 0 Å². The number of amides is 1. The zero-order valence-corrected chi connectivity index (χ0v) is 17.6. The van der Waals surface area contributed by atoms with Gasteiger partial charge in [0.2, 0.25) is 0 Å². The standard InChI is InChI=1S/C22H28FN3O2S/c1-25-15-20(21(27)24-13-18-6-4-12-29-18)28-22(16-25)8-10-26(11-9-22)14-17-5-2-3-7-19(17)23/h2-7,12,20H,8-11,13-16H2,1H3,(H,24,27)/t20-/m0/s1. The van der Waals surface area contributed by atoms with Gasteiger partial charge in [0.1, 0.15) is 11.9 Å². The fourth-order valence-corrected chi connectivity index (χ4v) is 4.96. The molecule has 2 fully saturated rings. The largest absolute Gasteiger partial charge is 0.359 e. The number of hydrogen-bond acceptors (Lipinski definition) is 5. The third-order valence-corrected chi connectivity index (χ3v) is 6.73. The summed E-state index contributed by atoms with van der Waals surface area (Å²) in [5, 5.41) is 5.02. The second-order valence-corrected chi connectivity index (χ2v) is 9.18. The zero-order chi connectivity index (χ0) is 20.3. The summed E-state index contributed by atoms with van der Waals surface area (Å²) in [7, 11) is 2.05. The maximum atomic E-state index is 14.0. The molecule has 7 heteroatoms. The number of thiophene rings is 1. The smallest absolute Gasteiger partial charge is 0.250 e. The molecule has 1 atom stereocenters. The quantitative estimate of drug-likeness (QED) is 0.813. The van der Waals surface area contributed by atoms with Crippen molar-refractivity contribution < 1.29 is 13.9 Å². The molecule has 0 unspecified atom stereocenters. The summed E-state index contributed by atoms with van der Waals surface area (Å²) in [5.74, 6) is -0.193. The zero-order valence-electron chi connectivity index (χ0n) is 16.8. The lowest BCUT2D eigenvalue weighted by atomic mass is 9.88. The summed E-state index contributed by atoms with van der Waals surface area (Å²) >= 11 is 1.64. The number of piperidine rings is 1. The Morgan fingerprint density at radius 1 is 1.28 bits per heavy atom.